The van der Waals surface area contributed by atoms with Gasteiger partial charge in [0.05, 0.1) is 17.0 Å². The van der Waals surface area contributed by atoms with E-state index in [0.29, 0.717) is 29.1 Å². The predicted octanol–water partition coefficient (Wildman–Crippen LogP) is 5.24. The number of nitrogens with zero attached hydrogens (tertiary/aromatic N) is 3. The molecule has 0 radical (unpaired) electrons. The molecule has 0 bridgehead atoms. The van der Waals surface area contributed by atoms with E-state index >= 15 is 0 Å². The van der Waals surface area contributed by atoms with Gasteiger partial charge in [-0.1, -0.05) is 36.2 Å². The van der Waals surface area contributed by atoms with E-state index < -0.39 is 0 Å². The van der Waals surface area contributed by atoms with Crippen LogP contribution in [-0.4, -0.2) is 31.8 Å². The van der Waals surface area contributed by atoms with Crippen LogP contribution in [0.25, 0.3) is 11.3 Å². The average molecular weight is 482 g/mol. The summed E-state index contributed by atoms with van der Waals surface area (Å²) in [6.45, 7) is 2.42. The highest BCUT2D eigenvalue weighted by atomic mass is 16.3. The number of anilines is 1. The van der Waals surface area contributed by atoms with Crippen LogP contribution in [0, 0.1) is 6.92 Å². The first kappa shape index (κ1) is 23.3. The van der Waals surface area contributed by atoms with Crippen LogP contribution in [0.3, 0.4) is 0 Å². The topological polar surface area (TPSA) is 109 Å². The molecule has 1 aliphatic carbocycles. The van der Waals surface area contributed by atoms with Crippen LogP contribution in [0.15, 0.2) is 73.1 Å². The molecule has 0 unspecified atom stereocenters. The van der Waals surface area contributed by atoms with E-state index in [0.717, 1.165) is 36.1 Å². The molecule has 0 atom stereocenters. The Balaban J connectivity index is 1.36. The normalized spacial score (nSPS) is 13.1. The number of phenolic OH excluding ortho intramolecular Hbond substituents is 1. The Bertz CT molecular complexity index is 1390. The molecule has 3 N–H and O–H groups in total. The number of carbonyl (C=O) groups is 2. The maximum absolute atomic E-state index is 13.1. The summed E-state index contributed by atoms with van der Waals surface area (Å²) in [5.74, 6) is -0.0996. The molecule has 8 nitrogen and oxygen atoms in total. The summed E-state index contributed by atoms with van der Waals surface area (Å²) in [6, 6.07) is 17.8. The lowest BCUT2D eigenvalue weighted by Gasteiger charge is -2.25. The van der Waals surface area contributed by atoms with Gasteiger partial charge in [-0.25, -0.2) is 4.79 Å². The number of amides is 2. The van der Waals surface area contributed by atoms with Crippen LogP contribution >= 0.6 is 0 Å². The third-order valence-electron chi connectivity index (χ3n) is 6.47. The zero-order chi connectivity index (χ0) is 25.1. The number of hydrogen-bond donors (Lipinski definition) is 3. The van der Waals surface area contributed by atoms with Gasteiger partial charge in [-0.3, -0.25) is 9.78 Å². The number of aromatic hydroxyl groups is 1. The summed E-state index contributed by atoms with van der Waals surface area (Å²) in [7, 11) is 0. The third kappa shape index (κ3) is 4.98. The summed E-state index contributed by atoms with van der Waals surface area (Å²) in [5.41, 5.74) is 4.86. The van der Waals surface area contributed by atoms with Crippen molar-refractivity contribution in [3.63, 3.8) is 0 Å². The van der Waals surface area contributed by atoms with Crippen molar-refractivity contribution in [3.05, 3.63) is 95.4 Å². The minimum atomic E-state index is -0.322. The smallest absolute Gasteiger partial charge is 0.342 e. The molecule has 1 saturated carbocycles. The van der Waals surface area contributed by atoms with Crippen molar-refractivity contribution < 1.29 is 14.7 Å². The summed E-state index contributed by atoms with van der Waals surface area (Å²) in [5, 5.41) is 21.0. The van der Waals surface area contributed by atoms with Crippen molar-refractivity contribution in [3.8, 4) is 17.0 Å². The number of rotatable bonds is 6. The number of carbonyl (C=O) groups excluding carboxylic acids is 2. The second kappa shape index (κ2) is 10.0. The third-order valence-corrected chi connectivity index (χ3v) is 6.47. The second-order valence-electron chi connectivity index (χ2n) is 9.07. The number of nitrogens with one attached hydrogen (secondary N) is 2. The molecule has 36 heavy (non-hydrogen) atoms. The lowest BCUT2D eigenvalue weighted by Crippen LogP contribution is -2.31. The van der Waals surface area contributed by atoms with Crippen LogP contribution in [0.1, 0.15) is 52.4 Å². The van der Waals surface area contributed by atoms with Crippen LogP contribution in [-0.2, 0) is 6.54 Å². The van der Waals surface area contributed by atoms with E-state index in [1.54, 1.807) is 30.5 Å². The Labute approximate surface area is 209 Å². The molecule has 5 rings (SSSR count). The van der Waals surface area contributed by atoms with Crippen molar-refractivity contribution in [2.45, 2.75) is 38.6 Å². The summed E-state index contributed by atoms with van der Waals surface area (Å²) in [6.07, 6.45) is 6.19. The number of pyridine rings is 1. The van der Waals surface area contributed by atoms with Gasteiger partial charge in [-0.05, 0) is 55.7 Å². The van der Waals surface area contributed by atoms with Gasteiger partial charge in [-0.2, -0.15) is 9.78 Å². The zero-order valence-corrected chi connectivity index (χ0v) is 19.9. The fourth-order valence-electron chi connectivity index (χ4n) is 4.17. The molecule has 4 aromatic rings. The first-order chi connectivity index (χ1) is 17.5. The van der Waals surface area contributed by atoms with Gasteiger partial charge in [0.15, 0.2) is 0 Å². The predicted molar refractivity (Wildman–Crippen MR) is 137 cm³/mol. The average Bonchev–Trinajstić information content (AvgIpc) is 3.27. The molecule has 2 amide bonds. The lowest BCUT2D eigenvalue weighted by molar-refractivity contribution is 0.102. The van der Waals surface area contributed by atoms with E-state index in [9.17, 15) is 14.7 Å². The van der Waals surface area contributed by atoms with E-state index in [2.05, 4.69) is 20.7 Å². The van der Waals surface area contributed by atoms with Crippen molar-refractivity contribution in [2.24, 2.45) is 0 Å². The molecule has 2 aromatic heterocycles. The highest BCUT2D eigenvalue weighted by Gasteiger charge is 2.27. The molecule has 2 heterocycles. The molecular weight excluding hydrogens is 454 g/mol. The molecule has 2 aromatic carbocycles. The van der Waals surface area contributed by atoms with Gasteiger partial charge in [0.2, 0.25) is 0 Å². The number of aryl methyl sites for hydroxylation is 1. The first-order valence-electron chi connectivity index (χ1n) is 12.0. The summed E-state index contributed by atoms with van der Waals surface area (Å²) >= 11 is 0. The van der Waals surface area contributed by atoms with Crippen LogP contribution in [0.2, 0.25) is 0 Å². The Morgan fingerprint density at radius 1 is 1.08 bits per heavy atom. The molecule has 8 heteroatoms. The van der Waals surface area contributed by atoms with Crippen molar-refractivity contribution in [1.82, 2.24) is 20.1 Å². The number of aromatic nitrogens is 3. The lowest BCUT2D eigenvalue weighted by atomic mass is 9.82. The summed E-state index contributed by atoms with van der Waals surface area (Å²) in [4.78, 5) is 29.4. The Kier molecular flexibility index (Phi) is 6.49. The van der Waals surface area contributed by atoms with Crippen molar-refractivity contribution in [2.75, 3.05) is 5.32 Å². The largest absolute Gasteiger partial charge is 0.507 e. The fraction of sp³-hybridized carbons (Fsp3) is 0.214. The number of phenols is 1. The molecular formula is C28H27N5O3. The van der Waals surface area contributed by atoms with Gasteiger partial charge < -0.3 is 15.7 Å². The summed E-state index contributed by atoms with van der Waals surface area (Å²) < 4.78 is 1.42. The molecule has 1 fully saturated rings. The first-order valence-corrected chi connectivity index (χ1v) is 12.0. The van der Waals surface area contributed by atoms with Gasteiger partial charge in [0, 0.05) is 42.2 Å². The Morgan fingerprint density at radius 2 is 1.89 bits per heavy atom. The van der Waals surface area contributed by atoms with Gasteiger partial charge in [-0.15, -0.1) is 0 Å². The minimum absolute atomic E-state index is 0.0381. The van der Waals surface area contributed by atoms with Gasteiger partial charge in [0.25, 0.3) is 5.91 Å². The highest BCUT2D eigenvalue weighted by molar-refractivity contribution is 6.04. The van der Waals surface area contributed by atoms with Crippen molar-refractivity contribution in [1.29, 1.82) is 0 Å². The molecule has 1 aliphatic rings. The fourth-order valence-corrected chi connectivity index (χ4v) is 4.17. The number of benzene rings is 2. The molecule has 182 valence electrons. The van der Waals surface area contributed by atoms with Crippen molar-refractivity contribution >= 4 is 17.6 Å². The Morgan fingerprint density at radius 3 is 2.56 bits per heavy atom. The molecule has 0 aliphatic heterocycles. The monoisotopic (exact) mass is 481 g/mol. The molecule has 0 saturated heterocycles. The van der Waals surface area contributed by atoms with E-state index in [-0.39, 0.29) is 23.6 Å². The highest BCUT2D eigenvalue weighted by Crippen LogP contribution is 2.39. The Hall–Kier alpha value is -4.46. The maximum Gasteiger partial charge on any atom is 0.342 e. The number of hydrogen-bond acceptors (Lipinski definition) is 5. The standard InChI is InChI=1S/C28H27N5O3/c1-18-7-9-19(10-8-18)16-30-28(36)33-25(20-4-2-5-20)15-24(32-33)23-12-11-22(14-26(23)34)31-27(35)21-6-3-13-29-17-21/h3,6-15,17,20,34H,2,4-5,16H2,1H3,(H,30,36)(H,31,35). The van der Waals surface area contributed by atoms with E-state index in [1.165, 1.54) is 16.9 Å². The van der Waals surface area contributed by atoms with Crippen LogP contribution in [0.4, 0.5) is 10.5 Å². The van der Waals surface area contributed by atoms with Crippen LogP contribution < -0.4 is 10.6 Å². The van der Waals surface area contributed by atoms with E-state index in [1.807, 2.05) is 37.3 Å². The van der Waals surface area contributed by atoms with Crippen LogP contribution in [0.5, 0.6) is 5.75 Å². The SMILES string of the molecule is Cc1ccc(CNC(=O)n2nc(-c3ccc(NC(=O)c4cccnc4)cc3O)cc2C2CCC2)cc1. The zero-order valence-electron chi connectivity index (χ0n) is 19.9. The minimum Gasteiger partial charge on any atom is -0.507 e. The van der Waals surface area contributed by atoms with Gasteiger partial charge in [0.1, 0.15) is 5.75 Å². The quantitative estimate of drug-likeness (QED) is 0.349. The van der Waals surface area contributed by atoms with Gasteiger partial charge >= 0.3 is 6.03 Å². The molecule has 0 spiro atoms. The second-order valence-corrected chi connectivity index (χ2v) is 9.07. The maximum atomic E-state index is 13.1. The van der Waals surface area contributed by atoms with E-state index in [4.69, 9.17) is 0 Å².